The predicted molar refractivity (Wildman–Crippen MR) is 68.4 cm³/mol. The molecule has 1 aromatic rings. The molecule has 0 spiro atoms. The van der Waals surface area contributed by atoms with Crippen molar-refractivity contribution in [3.8, 4) is 0 Å². The second-order valence-corrected chi connectivity index (χ2v) is 4.69. The molecule has 5 atom stereocenters. The number of methoxy groups -OCH3 is 1. The highest BCUT2D eigenvalue weighted by atomic mass is 16.7. The van der Waals surface area contributed by atoms with Gasteiger partial charge in [0, 0.05) is 7.11 Å². The molecule has 1 saturated heterocycles. The van der Waals surface area contributed by atoms with Gasteiger partial charge in [-0.1, -0.05) is 30.3 Å². The van der Waals surface area contributed by atoms with Crippen molar-refractivity contribution in [2.24, 2.45) is 0 Å². The molecule has 0 bridgehead atoms. The summed E-state index contributed by atoms with van der Waals surface area (Å²) in [7, 11) is 1.45. The maximum Gasteiger partial charge on any atom is 0.186 e. The SMILES string of the molecule is CO[C@@H]1OC(C)[C@@H](O)C(OCc2ccccc2)C1O. The van der Waals surface area contributed by atoms with Gasteiger partial charge in [0.25, 0.3) is 0 Å². The molecule has 0 amide bonds. The van der Waals surface area contributed by atoms with Crippen molar-refractivity contribution in [3.63, 3.8) is 0 Å². The Morgan fingerprint density at radius 3 is 2.47 bits per heavy atom. The quantitative estimate of drug-likeness (QED) is 0.840. The van der Waals surface area contributed by atoms with E-state index in [4.69, 9.17) is 14.2 Å². The van der Waals surface area contributed by atoms with Gasteiger partial charge in [-0.05, 0) is 12.5 Å². The lowest BCUT2D eigenvalue weighted by Gasteiger charge is -2.40. The summed E-state index contributed by atoms with van der Waals surface area (Å²) in [5.41, 5.74) is 0.981. The lowest BCUT2D eigenvalue weighted by Crippen LogP contribution is -2.58. The average Bonchev–Trinajstić information content (AvgIpc) is 2.44. The maximum atomic E-state index is 10.1. The Morgan fingerprint density at radius 2 is 1.84 bits per heavy atom. The summed E-state index contributed by atoms with van der Waals surface area (Å²) in [6, 6.07) is 9.60. The van der Waals surface area contributed by atoms with Crippen molar-refractivity contribution in [2.45, 2.75) is 44.2 Å². The van der Waals surface area contributed by atoms with E-state index in [2.05, 4.69) is 0 Å². The van der Waals surface area contributed by atoms with E-state index in [1.165, 1.54) is 7.11 Å². The lowest BCUT2D eigenvalue weighted by molar-refractivity contribution is -0.295. The molecule has 106 valence electrons. The molecule has 1 fully saturated rings. The second kappa shape index (κ2) is 6.45. The van der Waals surface area contributed by atoms with Crippen LogP contribution in [0.4, 0.5) is 0 Å². The summed E-state index contributed by atoms with van der Waals surface area (Å²) in [5, 5.41) is 20.1. The smallest absolute Gasteiger partial charge is 0.186 e. The summed E-state index contributed by atoms with van der Waals surface area (Å²) in [5.74, 6) is 0. The molecule has 0 aromatic heterocycles. The summed E-state index contributed by atoms with van der Waals surface area (Å²) < 4.78 is 16.0. The molecule has 1 aliphatic heterocycles. The molecule has 2 rings (SSSR count). The minimum atomic E-state index is -1.01. The molecule has 5 heteroatoms. The van der Waals surface area contributed by atoms with Gasteiger partial charge in [0.1, 0.15) is 18.3 Å². The summed E-state index contributed by atoms with van der Waals surface area (Å²) >= 11 is 0. The van der Waals surface area contributed by atoms with Gasteiger partial charge in [-0.15, -0.1) is 0 Å². The Kier molecular flexibility index (Phi) is 4.90. The van der Waals surface area contributed by atoms with Crippen molar-refractivity contribution in [2.75, 3.05) is 7.11 Å². The highest BCUT2D eigenvalue weighted by Gasteiger charge is 2.43. The van der Waals surface area contributed by atoms with Crippen molar-refractivity contribution in [3.05, 3.63) is 35.9 Å². The minimum absolute atomic E-state index is 0.322. The molecule has 0 aliphatic carbocycles. The van der Waals surface area contributed by atoms with Crippen LogP contribution in [-0.2, 0) is 20.8 Å². The largest absolute Gasteiger partial charge is 0.388 e. The first-order valence-electron chi connectivity index (χ1n) is 6.33. The molecule has 1 aliphatic rings. The number of hydrogen-bond acceptors (Lipinski definition) is 5. The summed E-state index contributed by atoms with van der Waals surface area (Å²) in [4.78, 5) is 0. The Balaban J connectivity index is 2.00. The highest BCUT2D eigenvalue weighted by molar-refractivity contribution is 5.13. The number of aliphatic hydroxyl groups excluding tert-OH is 2. The van der Waals surface area contributed by atoms with Crippen LogP contribution < -0.4 is 0 Å². The van der Waals surface area contributed by atoms with E-state index in [0.717, 1.165) is 5.56 Å². The van der Waals surface area contributed by atoms with Crippen LogP contribution in [0.1, 0.15) is 12.5 Å². The molecule has 19 heavy (non-hydrogen) atoms. The van der Waals surface area contributed by atoms with Gasteiger partial charge in [-0.25, -0.2) is 0 Å². The van der Waals surface area contributed by atoms with Gasteiger partial charge < -0.3 is 24.4 Å². The van der Waals surface area contributed by atoms with Crippen molar-refractivity contribution in [1.82, 2.24) is 0 Å². The van der Waals surface area contributed by atoms with E-state index in [0.29, 0.717) is 6.61 Å². The van der Waals surface area contributed by atoms with Crippen LogP contribution in [0.5, 0.6) is 0 Å². The fourth-order valence-corrected chi connectivity index (χ4v) is 2.16. The molecule has 1 heterocycles. The van der Waals surface area contributed by atoms with Gasteiger partial charge in [0.15, 0.2) is 6.29 Å². The van der Waals surface area contributed by atoms with E-state index in [1.54, 1.807) is 6.92 Å². The highest BCUT2D eigenvalue weighted by Crippen LogP contribution is 2.24. The number of aliphatic hydroxyl groups is 2. The topological polar surface area (TPSA) is 68.2 Å². The zero-order valence-electron chi connectivity index (χ0n) is 11.1. The number of ether oxygens (including phenoxy) is 3. The average molecular weight is 268 g/mol. The Labute approximate surface area is 112 Å². The Morgan fingerprint density at radius 1 is 1.16 bits per heavy atom. The number of benzene rings is 1. The molecule has 5 nitrogen and oxygen atoms in total. The van der Waals surface area contributed by atoms with Crippen LogP contribution in [0.15, 0.2) is 30.3 Å². The fourth-order valence-electron chi connectivity index (χ4n) is 2.16. The van der Waals surface area contributed by atoms with Crippen LogP contribution in [-0.4, -0.2) is 48.0 Å². The summed E-state index contributed by atoms with van der Waals surface area (Å²) in [6.07, 6.45) is -3.85. The predicted octanol–water partition coefficient (Wildman–Crippen LogP) is 0.685. The molecular formula is C14H20O5. The third-order valence-electron chi connectivity index (χ3n) is 3.30. The molecule has 2 N–H and O–H groups in total. The van der Waals surface area contributed by atoms with Crippen LogP contribution >= 0.6 is 0 Å². The zero-order valence-corrected chi connectivity index (χ0v) is 11.1. The zero-order chi connectivity index (χ0) is 13.8. The molecule has 0 saturated carbocycles. The van der Waals surface area contributed by atoms with Crippen molar-refractivity contribution >= 4 is 0 Å². The van der Waals surface area contributed by atoms with E-state index >= 15 is 0 Å². The van der Waals surface area contributed by atoms with Gasteiger partial charge >= 0.3 is 0 Å². The van der Waals surface area contributed by atoms with Gasteiger partial charge in [0.2, 0.25) is 0 Å². The van der Waals surface area contributed by atoms with Crippen LogP contribution in [0, 0.1) is 0 Å². The minimum Gasteiger partial charge on any atom is -0.388 e. The number of rotatable bonds is 4. The first-order valence-corrected chi connectivity index (χ1v) is 6.33. The fraction of sp³-hybridized carbons (Fsp3) is 0.571. The molecular weight excluding hydrogens is 248 g/mol. The van der Waals surface area contributed by atoms with E-state index in [1.807, 2.05) is 30.3 Å². The normalized spacial score (nSPS) is 35.3. The molecule has 1 aromatic carbocycles. The van der Waals surface area contributed by atoms with E-state index in [-0.39, 0.29) is 0 Å². The monoisotopic (exact) mass is 268 g/mol. The van der Waals surface area contributed by atoms with Crippen LogP contribution in [0.3, 0.4) is 0 Å². The first kappa shape index (κ1) is 14.4. The Hall–Kier alpha value is -0.980. The number of hydrogen-bond donors (Lipinski definition) is 2. The van der Waals surface area contributed by atoms with Crippen LogP contribution in [0.25, 0.3) is 0 Å². The van der Waals surface area contributed by atoms with Gasteiger partial charge in [0.05, 0.1) is 12.7 Å². The third kappa shape index (κ3) is 3.32. The molecule has 0 radical (unpaired) electrons. The summed E-state index contributed by atoms with van der Waals surface area (Å²) in [6.45, 7) is 2.05. The first-order chi connectivity index (χ1) is 9.13. The van der Waals surface area contributed by atoms with E-state index in [9.17, 15) is 10.2 Å². The van der Waals surface area contributed by atoms with Crippen LogP contribution in [0.2, 0.25) is 0 Å². The second-order valence-electron chi connectivity index (χ2n) is 4.69. The molecule has 3 unspecified atom stereocenters. The lowest BCUT2D eigenvalue weighted by atomic mass is 9.99. The van der Waals surface area contributed by atoms with E-state index < -0.39 is 30.7 Å². The van der Waals surface area contributed by atoms with Gasteiger partial charge in [-0.3, -0.25) is 0 Å². The van der Waals surface area contributed by atoms with Gasteiger partial charge in [-0.2, -0.15) is 0 Å². The Bertz CT molecular complexity index is 383. The standard InChI is InChI=1S/C14H20O5/c1-9-11(15)13(12(16)14(17-2)19-9)18-8-10-6-4-3-5-7-10/h3-7,9,11-16H,8H2,1-2H3/t9?,11-,12?,13?,14-/m1/s1. The van der Waals surface area contributed by atoms with Crippen molar-refractivity contribution < 1.29 is 24.4 Å². The maximum absolute atomic E-state index is 10.1. The third-order valence-corrected chi connectivity index (χ3v) is 3.30. The van der Waals surface area contributed by atoms with Crippen molar-refractivity contribution in [1.29, 1.82) is 0 Å².